The zero-order valence-electron chi connectivity index (χ0n) is 11.4. The highest BCUT2D eigenvalue weighted by Crippen LogP contribution is 2.15. The van der Waals surface area contributed by atoms with E-state index in [2.05, 4.69) is 4.90 Å². The van der Waals surface area contributed by atoms with Gasteiger partial charge in [0.05, 0.1) is 0 Å². The van der Waals surface area contributed by atoms with Gasteiger partial charge in [0.25, 0.3) is 0 Å². The van der Waals surface area contributed by atoms with Gasteiger partial charge in [-0.15, -0.1) is 0 Å². The molecular formula is C16H18ClFN2. The standard InChI is InChI=1S/C16H18ClFN2/c1-20(10-12-2-5-15(17)6-3-12)11-13-4-7-16(18)8-14(13)9-19/h2-8H,9-11,19H2,1H3. The van der Waals surface area contributed by atoms with Crippen LogP contribution in [-0.2, 0) is 19.6 Å². The van der Waals surface area contributed by atoms with Crippen molar-refractivity contribution in [2.45, 2.75) is 19.6 Å². The Morgan fingerprint density at radius 1 is 1.05 bits per heavy atom. The maximum Gasteiger partial charge on any atom is 0.123 e. The Bertz CT molecular complexity index is 569. The van der Waals surface area contributed by atoms with E-state index in [9.17, 15) is 4.39 Å². The van der Waals surface area contributed by atoms with Crippen LogP contribution >= 0.6 is 11.6 Å². The molecule has 4 heteroatoms. The molecule has 2 rings (SSSR count). The molecule has 0 atom stereocenters. The average molecular weight is 293 g/mol. The van der Waals surface area contributed by atoms with Gasteiger partial charge >= 0.3 is 0 Å². The predicted octanol–water partition coefficient (Wildman–Crippen LogP) is 3.57. The van der Waals surface area contributed by atoms with Crippen molar-refractivity contribution in [3.05, 3.63) is 70.0 Å². The fourth-order valence-electron chi connectivity index (χ4n) is 2.19. The fraction of sp³-hybridized carbons (Fsp3) is 0.250. The van der Waals surface area contributed by atoms with Crippen molar-refractivity contribution >= 4 is 11.6 Å². The minimum absolute atomic E-state index is 0.241. The topological polar surface area (TPSA) is 29.3 Å². The summed E-state index contributed by atoms with van der Waals surface area (Å²) in [5, 5.41) is 0.736. The molecule has 0 radical (unpaired) electrons. The van der Waals surface area contributed by atoms with Crippen molar-refractivity contribution in [2.75, 3.05) is 7.05 Å². The summed E-state index contributed by atoms with van der Waals surface area (Å²) >= 11 is 5.87. The molecule has 0 unspecified atom stereocenters. The summed E-state index contributed by atoms with van der Waals surface area (Å²) in [7, 11) is 2.03. The molecule has 2 aromatic carbocycles. The average Bonchev–Trinajstić information content (AvgIpc) is 2.43. The van der Waals surface area contributed by atoms with Crippen LogP contribution in [0.15, 0.2) is 42.5 Å². The lowest BCUT2D eigenvalue weighted by Gasteiger charge is -2.19. The molecule has 20 heavy (non-hydrogen) atoms. The SMILES string of the molecule is CN(Cc1ccc(Cl)cc1)Cc1ccc(F)cc1CN. The monoisotopic (exact) mass is 292 g/mol. The molecule has 106 valence electrons. The highest BCUT2D eigenvalue weighted by molar-refractivity contribution is 6.30. The number of hydrogen-bond donors (Lipinski definition) is 1. The number of hydrogen-bond acceptors (Lipinski definition) is 2. The zero-order chi connectivity index (χ0) is 14.5. The molecule has 0 heterocycles. The molecule has 0 amide bonds. The van der Waals surface area contributed by atoms with Crippen LogP contribution < -0.4 is 5.73 Å². The molecule has 2 aromatic rings. The maximum absolute atomic E-state index is 13.2. The van der Waals surface area contributed by atoms with Crippen LogP contribution in [0.3, 0.4) is 0 Å². The van der Waals surface area contributed by atoms with Crippen LogP contribution in [0.5, 0.6) is 0 Å². The number of benzene rings is 2. The minimum atomic E-state index is -0.241. The van der Waals surface area contributed by atoms with Crippen LogP contribution in [0.25, 0.3) is 0 Å². The molecule has 0 aliphatic heterocycles. The van der Waals surface area contributed by atoms with Crippen molar-refractivity contribution < 1.29 is 4.39 Å². The highest BCUT2D eigenvalue weighted by Gasteiger charge is 2.07. The summed E-state index contributed by atoms with van der Waals surface area (Å²) in [6.07, 6.45) is 0. The number of halogens is 2. The van der Waals surface area contributed by atoms with Crippen molar-refractivity contribution in [3.8, 4) is 0 Å². The van der Waals surface area contributed by atoms with Crippen LogP contribution in [-0.4, -0.2) is 11.9 Å². The Balaban J connectivity index is 2.04. The maximum atomic E-state index is 13.2. The van der Waals surface area contributed by atoms with Crippen molar-refractivity contribution in [2.24, 2.45) is 5.73 Å². The van der Waals surface area contributed by atoms with E-state index in [4.69, 9.17) is 17.3 Å². The van der Waals surface area contributed by atoms with Crippen molar-refractivity contribution in [3.63, 3.8) is 0 Å². The summed E-state index contributed by atoms with van der Waals surface area (Å²) < 4.78 is 13.2. The van der Waals surface area contributed by atoms with Crippen molar-refractivity contribution in [1.82, 2.24) is 4.90 Å². The van der Waals surface area contributed by atoms with E-state index in [-0.39, 0.29) is 5.82 Å². The first-order chi connectivity index (χ1) is 9.58. The summed E-state index contributed by atoms with van der Waals surface area (Å²) in [4.78, 5) is 2.16. The number of rotatable bonds is 5. The molecule has 2 nitrogen and oxygen atoms in total. The molecule has 2 N–H and O–H groups in total. The Morgan fingerprint density at radius 3 is 2.40 bits per heavy atom. The van der Waals surface area contributed by atoms with Gasteiger partial charge in [-0.3, -0.25) is 4.90 Å². The van der Waals surface area contributed by atoms with E-state index in [1.54, 1.807) is 6.07 Å². The first-order valence-corrected chi connectivity index (χ1v) is 6.86. The molecule has 0 spiro atoms. The van der Waals surface area contributed by atoms with Gasteiger partial charge in [-0.2, -0.15) is 0 Å². The molecule has 0 saturated heterocycles. The largest absolute Gasteiger partial charge is 0.326 e. The predicted molar refractivity (Wildman–Crippen MR) is 80.9 cm³/mol. The second-order valence-electron chi connectivity index (χ2n) is 4.92. The van der Waals surface area contributed by atoms with Crippen LogP contribution in [0.1, 0.15) is 16.7 Å². The molecule has 0 saturated carbocycles. The smallest absolute Gasteiger partial charge is 0.123 e. The van der Waals surface area contributed by atoms with Crippen molar-refractivity contribution in [1.29, 1.82) is 0 Å². The Kier molecular flexibility index (Phi) is 5.12. The molecule has 0 aliphatic rings. The molecule has 0 aromatic heterocycles. The third kappa shape index (κ3) is 4.04. The quantitative estimate of drug-likeness (QED) is 0.913. The van der Waals surface area contributed by atoms with E-state index >= 15 is 0 Å². The Labute approximate surface area is 124 Å². The summed E-state index contributed by atoms with van der Waals surface area (Å²) in [6, 6.07) is 12.6. The van der Waals surface area contributed by atoms with Gasteiger partial charge < -0.3 is 5.73 Å². The van der Waals surface area contributed by atoms with Gasteiger partial charge in [-0.25, -0.2) is 4.39 Å². The second kappa shape index (κ2) is 6.84. The second-order valence-corrected chi connectivity index (χ2v) is 5.35. The molecule has 0 aliphatic carbocycles. The summed E-state index contributed by atoms with van der Waals surface area (Å²) in [5.41, 5.74) is 8.77. The molecule has 0 fully saturated rings. The van der Waals surface area contributed by atoms with E-state index in [1.165, 1.54) is 17.7 Å². The lowest BCUT2D eigenvalue weighted by Crippen LogP contribution is -2.18. The number of nitrogens with two attached hydrogens (primary N) is 1. The molecule has 0 bridgehead atoms. The van der Waals surface area contributed by atoms with Gasteiger partial charge in [0.15, 0.2) is 0 Å². The third-order valence-electron chi connectivity index (χ3n) is 3.19. The van der Waals surface area contributed by atoms with Gasteiger partial charge in [-0.1, -0.05) is 29.8 Å². The summed E-state index contributed by atoms with van der Waals surface area (Å²) in [5.74, 6) is -0.241. The van der Waals surface area contributed by atoms with E-state index in [0.29, 0.717) is 6.54 Å². The summed E-state index contributed by atoms with van der Waals surface area (Å²) in [6.45, 7) is 1.88. The van der Waals surface area contributed by atoms with Crippen LogP contribution in [0.2, 0.25) is 5.02 Å². The first kappa shape index (κ1) is 15.0. The first-order valence-electron chi connectivity index (χ1n) is 6.49. The van der Waals surface area contributed by atoms with Crippen LogP contribution in [0, 0.1) is 5.82 Å². The van der Waals surface area contributed by atoms with E-state index < -0.39 is 0 Å². The van der Waals surface area contributed by atoms with E-state index in [0.717, 1.165) is 29.2 Å². The third-order valence-corrected chi connectivity index (χ3v) is 3.45. The highest BCUT2D eigenvalue weighted by atomic mass is 35.5. The van der Waals surface area contributed by atoms with Gasteiger partial charge in [-0.05, 0) is 48.0 Å². The number of nitrogens with zero attached hydrogens (tertiary/aromatic N) is 1. The molecular weight excluding hydrogens is 275 g/mol. The van der Waals surface area contributed by atoms with Crippen LogP contribution in [0.4, 0.5) is 4.39 Å². The lowest BCUT2D eigenvalue weighted by atomic mass is 10.1. The normalized spacial score (nSPS) is 11.1. The van der Waals surface area contributed by atoms with Gasteiger partial charge in [0, 0.05) is 24.7 Å². The Hall–Kier alpha value is -1.42. The Morgan fingerprint density at radius 2 is 1.75 bits per heavy atom. The van der Waals surface area contributed by atoms with E-state index in [1.807, 2.05) is 31.3 Å². The zero-order valence-corrected chi connectivity index (χ0v) is 12.2. The fourth-order valence-corrected chi connectivity index (χ4v) is 2.31. The lowest BCUT2D eigenvalue weighted by molar-refractivity contribution is 0.318. The minimum Gasteiger partial charge on any atom is -0.326 e. The van der Waals surface area contributed by atoms with Gasteiger partial charge in [0.1, 0.15) is 5.82 Å². The van der Waals surface area contributed by atoms with Gasteiger partial charge in [0.2, 0.25) is 0 Å².